The molecule has 3 heteroatoms. The number of rotatable bonds is 2. The summed E-state index contributed by atoms with van der Waals surface area (Å²) in [5, 5.41) is 1.14. The van der Waals surface area contributed by atoms with E-state index in [2.05, 4.69) is 18.0 Å². The van der Waals surface area contributed by atoms with Crippen molar-refractivity contribution in [1.29, 1.82) is 0 Å². The lowest BCUT2D eigenvalue weighted by Crippen LogP contribution is -2.08. The SMILES string of the molecule is C[C@@H](CN)c1nc2ccccc2s1. The summed E-state index contributed by atoms with van der Waals surface area (Å²) in [6, 6.07) is 8.19. The highest BCUT2D eigenvalue weighted by Crippen LogP contribution is 2.26. The van der Waals surface area contributed by atoms with Crippen LogP contribution < -0.4 is 5.73 Å². The molecular weight excluding hydrogens is 180 g/mol. The molecule has 0 spiro atoms. The highest BCUT2D eigenvalue weighted by molar-refractivity contribution is 7.18. The largest absolute Gasteiger partial charge is 0.330 e. The fraction of sp³-hybridized carbons (Fsp3) is 0.300. The van der Waals surface area contributed by atoms with E-state index in [9.17, 15) is 0 Å². The van der Waals surface area contributed by atoms with E-state index in [1.807, 2.05) is 18.2 Å². The Hall–Kier alpha value is -0.930. The highest BCUT2D eigenvalue weighted by Gasteiger charge is 2.08. The normalized spacial score (nSPS) is 13.4. The summed E-state index contributed by atoms with van der Waals surface area (Å²) in [6.45, 7) is 2.78. The monoisotopic (exact) mass is 192 g/mol. The third-order valence-corrected chi connectivity index (χ3v) is 3.35. The number of hydrogen-bond acceptors (Lipinski definition) is 3. The van der Waals surface area contributed by atoms with Gasteiger partial charge in [-0.2, -0.15) is 0 Å². The van der Waals surface area contributed by atoms with Gasteiger partial charge in [0.15, 0.2) is 0 Å². The van der Waals surface area contributed by atoms with Crippen LogP contribution in [0, 0.1) is 0 Å². The first-order valence-electron chi connectivity index (χ1n) is 4.37. The van der Waals surface area contributed by atoms with Gasteiger partial charge in [0, 0.05) is 12.5 Å². The smallest absolute Gasteiger partial charge is 0.0979 e. The van der Waals surface area contributed by atoms with Gasteiger partial charge in [0.1, 0.15) is 0 Å². The summed E-state index contributed by atoms with van der Waals surface area (Å²) in [4.78, 5) is 4.52. The van der Waals surface area contributed by atoms with Gasteiger partial charge in [-0.1, -0.05) is 19.1 Å². The number of para-hydroxylation sites is 1. The highest BCUT2D eigenvalue weighted by atomic mass is 32.1. The molecule has 2 nitrogen and oxygen atoms in total. The van der Waals surface area contributed by atoms with E-state index in [1.54, 1.807) is 11.3 Å². The van der Waals surface area contributed by atoms with Crippen LogP contribution in [-0.4, -0.2) is 11.5 Å². The van der Waals surface area contributed by atoms with Crippen LogP contribution in [-0.2, 0) is 0 Å². The van der Waals surface area contributed by atoms with Gasteiger partial charge in [0.2, 0.25) is 0 Å². The number of nitrogens with two attached hydrogens (primary N) is 1. The van der Waals surface area contributed by atoms with Crippen LogP contribution in [0.5, 0.6) is 0 Å². The lowest BCUT2D eigenvalue weighted by atomic mass is 10.2. The molecule has 13 heavy (non-hydrogen) atoms. The molecule has 1 aromatic carbocycles. The minimum absolute atomic E-state index is 0.373. The van der Waals surface area contributed by atoms with Crippen LogP contribution in [0.2, 0.25) is 0 Å². The van der Waals surface area contributed by atoms with E-state index in [-0.39, 0.29) is 0 Å². The van der Waals surface area contributed by atoms with Gasteiger partial charge < -0.3 is 5.73 Å². The molecule has 0 bridgehead atoms. The molecule has 0 amide bonds. The van der Waals surface area contributed by atoms with E-state index in [1.165, 1.54) is 4.70 Å². The maximum absolute atomic E-state index is 5.59. The summed E-state index contributed by atoms with van der Waals surface area (Å²) in [5.74, 6) is 0.373. The van der Waals surface area contributed by atoms with Gasteiger partial charge in [-0.15, -0.1) is 11.3 Å². The Morgan fingerprint density at radius 3 is 2.92 bits per heavy atom. The van der Waals surface area contributed by atoms with Gasteiger partial charge in [0.25, 0.3) is 0 Å². The lowest BCUT2D eigenvalue weighted by Gasteiger charge is -2.00. The molecule has 0 saturated carbocycles. The minimum atomic E-state index is 0.373. The van der Waals surface area contributed by atoms with E-state index in [0.717, 1.165) is 10.5 Å². The van der Waals surface area contributed by atoms with Crippen molar-refractivity contribution in [2.45, 2.75) is 12.8 Å². The molecule has 1 atom stereocenters. The second-order valence-electron chi connectivity index (χ2n) is 3.16. The van der Waals surface area contributed by atoms with Crippen LogP contribution >= 0.6 is 11.3 Å². The summed E-state index contributed by atoms with van der Waals surface area (Å²) in [7, 11) is 0. The van der Waals surface area contributed by atoms with Crippen LogP contribution in [0.3, 0.4) is 0 Å². The fourth-order valence-corrected chi connectivity index (χ4v) is 2.23. The first-order valence-corrected chi connectivity index (χ1v) is 5.18. The molecule has 2 aromatic rings. The van der Waals surface area contributed by atoms with Crippen LogP contribution in [0.25, 0.3) is 10.2 Å². The molecular formula is C10H12N2S. The summed E-state index contributed by atoms with van der Waals surface area (Å²) in [5.41, 5.74) is 6.68. The molecule has 0 aliphatic rings. The van der Waals surface area contributed by atoms with Crippen molar-refractivity contribution in [3.8, 4) is 0 Å². The Morgan fingerprint density at radius 2 is 2.23 bits per heavy atom. The van der Waals surface area contributed by atoms with E-state index >= 15 is 0 Å². The molecule has 1 heterocycles. The molecule has 68 valence electrons. The lowest BCUT2D eigenvalue weighted by molar-refractivity contribution is 0.768. The first-order chi connectivity index (χ1) is 6.31. The van der Waals surface area contributed by atoms with Crippen molar-refractivity contribution in [2.24, 2.45) is 5.73 Å². The second-order valence-corrected chi connectivity index (χ2v) is 4.22. The van der Waals surface area contributed by atoms with E-state index in [4.69, 9.17) is 5.73 Å². The Balaban J connectivity index is 2.49. The van der Waals surface area contributed by atoms with Gasteiger partial charge in [-0.05, 0) is 12.1 Å². The molecule has 2 N–H and O–H groups in total. The maximum atomic E-state index is 5.59. The summed E-state index contributed by atoms with van der Waals surface area (Å²) in [6.07, 6.45) is 0. The molecule has 1 aromatic heterocycles. The molecule has 0 unspecified atom stereocenters. The Bertz CT molecular complexity index is 375. The molecule has 0 aliphatic heterocycles. The summed E-state index contributed by atoms with van der Waals surface area (Å²) < 4.78 is 1.25. The van der Waals surface area contributed by atoms with Crippen LogP contribution in [0.15, 0.2) is 24.3 Å². The van der Waals surface area contributed by atoms with Crippen molar-refractivity contribution < 1.29 is 0 Å². The number of benzene rings is 1. The molecule has 0 radical (unpaired) electrons. The zero-order chi connectivity index (χ0) is 9.26. The molecule has 0 saturated heterocycles. The van der Waals surface area contributed by atoms with Gasteiger partial charge in [0.05, 0.1) is 15.2 Å². The average Bonchev–Trinajstić information content (AvgIpc) is 2.59. The number of aromatic nitrogens is 1. The van der Waals surface area contributed by atoms with Crippen molar-refractivity contribution in [2.75, 3.05) is 6.54 Å². The van der Waals surface area contributed by atoms with Gasteiger partial charge >= 0.3 is 0 Å². The van der Waals surface area contributed by atoms with Gasteiger partial charge in [-0.25, -0.2) is 4.98 Å². The fourth-order valence-electron chi connectivity index (χ4n) is 1.20. The number of fused-ring (bicyclic) bond motifs is 1. The van der Waals surface area contributed by atoms with Crippen LogP contribution in [0.1, 0.15) is 17.8 Å². The Morgan fingerprint density at radius 1 is 1.46 bits per heavy atom. The van der Waals surface area contributed by atoms with E-state index < -0.39 is 0 Å². The van der Waals surface area contributed by atoms with Crippen molar-refractivity contribution in [3.05, 3.63) is 29.3 Å². The zero-order valence-electron chi connectivity index (χ0n) is 7.53. The first kappa shape index (κ1) is 8.66. The van der Waals surface area contributed by atoms with Gasteiger partial charge in [-0.3, -0.25) is 0 Å². The molecule has 0 fully saturated rings. The zero-order valence-corrected chi connectivity index (χ0v) is 8.34. The quantitative estimate of drug-likeness (QED) is 0.793. The predicted octanol–water partition coefficient (Wildman–Crippen LogP) is 2.36. The third-order valence-electron chi connectivity index (χ3n) is 2.09. The third kappa shape index (κ3) is 1.57. The topological polar surface area (TPSA) is 38.9 Å². The standard InChI is InChI=1S/C10H12N2S/c1-7(6-11)10-12-8-4-2-3-5-9(8)13-10/h2-5,7H,6,11H2,1H3/t7-/m0/s1. The number of hydrogen-bond donors (Lipinski definition) is 1. The second kappa shape index (κ2) is 3.44. The average molecular weight is 192 g/mol. The Labute approximate surface area is 81.4 Å². The number of thiazole rings is 1. The summed E-state index contributed by atoms with van der Waals surface area (Å²) >= 11 is 1.74. The molecule has 0 aliphatic carbocycles. The predicted molar refractivity (Wildman–Crippen MR) is 57.1 cm³/mol. The number of nitrogens with zero attached hydrogens (tertiary/aromatic N) is 1. The van der Waals surface area contributed by atoms with Crippen molar-refractivity contribution in [3.63, 3.8) is 0 Å². The van der Waals surface area contributed by atoms with Crippen LogP contribution in [0.4, 0.5) is 0 Å². The maximum Gasteiger partial charge on any atom is 0.0979 e. The van der Waals surface area contributed by atoms with Crippen molar-refractivity contribution >= 4 is 21.6 Å². The Kier molecular flexibility index (Phi) is 2.29. The van der Waals surface area contributed by atoms with E-state index in [0.29, 0.717) is 12.5 Å². The minimum Gasteiger partial charge on any atom is -0.330 e. The van der Waals surface area contributed by atoms with Crippen molar-refractivity contribution in [1.82, 2.24) is 4.98 Å². The molecule has 2 rings (SSSR count).